The second kappa shape index (κ2) is 8.59. The Morgan fingerprint density at radius 2 is 2.00 bits per heavy atom. The molecule has 2 amide bonds. The third kappa shape index (κ3) is 4.40. The standard InChI is InChI=1S/C19H20F2N4O2/c1-27-11-10-25-12-13(14-4-3-8-22-18(14)25)7-9-23-19(26)24-17-15(20)5-2-6-16(17)21/h2-6,8,12H,7,9-11H2,1H3,(H2,23,24,26). The minimum absolute atomic E-state index is 0.306. The van der Waals surface area contributed by atoms with Crippen LogP contribution in [0.25, 0.3) is 11.0 Å². The molecule has 0 saturated heterocycles. The van der Waals surface area contributed by atoms with E-state index in [2.05, 4.69) is 15.6 Å². The highest BCUT2D eigenvalue weighted by atomic mass is 19.1. The number of carbonyl (C=O) groups is 1. The van der Waals surface area contributed by atoms with Crippen molar-refractivity contribution in [3.05, 3.63) is 59.9 Å². The first-order chi connectivity index (χ1) is 13.1. The Labute approximate surface area is 155 Å². The van der Waals surface area contributed by atoms with E-state index in [1.165, 1.54) is 6.07 Å². The molecular formula is C19H20F2N4O2. The summed E-state index contributed by atoms with van der Waals surface area (Å²) in [5.74, 6) is -1.64. The number of halogens is 2. The summed E-state index contributed by atoms with van der Waals surface area (Å²) in [7, 11) is 1.64. The van der Waals surface area contributed by atoms with Crippen LogP contribution in [0.2, 0.25) is 0 Å². The zero-order valence-corrected chi connectivity index (χ0v) is 14.8. The highest BCUT2D eigenvalue weighted by Gasteiger charge is 2.12. The fourth-order valence-corrected chi connectivity index (χ4v) is 2.84. The van der Waals surface area contributed by atoms with E-state index in [1.807, 2.05) is 22.9 Å². The van der Waals surface area contributed by atoms with Crippen molar-refractivity contribution in [2.45, 2.75) is 13.0 Å². The molecule has 6 nitrogen and oxygen atoms in total. The number of benzene rings is 1. The number of ether oxygens (including phenoxy) is 1. The number of urea groups is 1. The molecule has 0 aliphatic carbocycles. The molecule has 1 aromatic carbocycles. The lowest BCUT2D eigenvalue weighted by Crippen LogP contribution is -2.31. The van der Waals surface area contributed by atoms with Crippen LogP contribution in [0.5, 0.6) is 0 Å². The molecule has 3 rings (SSSR count). The van der Waals surface area contributed by atoms with Crippen LogP contribution in [-0.4, -0.2) is 35.8 Å². The Kier molecular flexibility index (Phi) is 5.97. The molecule has 2 N–H and O–H groups in total. The van der Waals surface area contributed by atoms with Gasteiger partial charge in [0, 0.05) is 38.0 Å². The molecule has 142 valence electrons. The SMILES string of the molecule is COCCn1cc(CCNC(=O)Nc2c(F)cccc2F)c2cccnc21. The number of amides is 2. The number of fused-ring (bicyclic) bond motifs is 1. The number of rotatable bonds is 7. The van der Waals surface area contributed by atoms with Gasteiger partial charge in [0.05, 0.1) is 6.61 Å². The van der Waals surface area contributed by atoms with Crippen LogP contribution in [0.1, 0.15) is 5.56 Å². The van der Waals surface area contributed by atoms with E-state index in [-0.39, 0.29) is 0 Å². The Hall–Kier alpha value is -3.00. The number of aromatic nitrogens is 2. The Morgan fingerprint density at radius 3 is 2.74 bits per heavy atom. The average molecular weight is 374 g/mol. The van der Waals surface area contributed by atoms with Gasteiger partial charge in [-0.25, -0.2) is 18.6 Å². The van der Waals surface area contributed by atoms with Crippen molar-refractivity contribution in [1.82, 2.24) is 14.9 Å². The van der Waals surface area contributed by atoms with Crippen LogP contribution < -0.4 is 10.6 Å². The molecule has 2 aromatic heterocycles. The van der Waals surface area contributed by atoms with Gasteiger partial charge in [0.15, 0.2) is 0 Å². The van der Waals surface area contributed by atoms with Crippen molar-refractivity contribution in [1.29, 1.82) is 0 Å². The second-order valence-corrected chi connectivity index (χ2v) is 5.94. The fraction of sp³-hybridized carbons (Fsp3) is 0.263. The average Bonchev–Trinajstić information content (AvgIpc) is 3.01. The zero-order valence-electron chi connectivity index (χ0n) is 14.8. The number of para-hydroxylation sites is 1. The fourth-order valence-electron chi connectivity index (χ4n) is 2.84. The normalized spacial score (nSPS) is 10.9. The first-order valence-electron chi connectivity index (χ1n) is 8.50. The summed E-state index contributed by atoms with van der Waals surface area (Å²) < 4.78 is 34.3. The highest BCUT2D eigenvalue weighted by molar-refractivity contribution is 5.89. The molecule has 0 fully saturated rings. The van der Waals surface area contributed by atoms with E-state index < -0.39 is 23.4 Å². The minimum Gasteiger partial charge on any atom is -0.383 e. The third-order valence-electron chi connectivity index (χ3n) is 4.13. The van der Waals surface area contributed by atoms with Gasteiger partial charge in [-0.15, -0.1) is 0 Å². The third-order valence-corrected chi connectivity index (χ3v) is 4.13. The van der Waals surface area contributed by atoms with Gasteiger partial charge in [-0.05, 0) is 36.2 Å². The van der Waals surface area contributed by atoms with E-state index in [0.717, 1.165) is 28.7 Å². The Morgan fingerprint density at radius 1 is 1.22 bits per heavy atom. The van der Waals surface area contributed by atoms with E-state index in [0.29, 0.717) is 26.1 Å². The van der Waals surface area contributed by atoms with Crippen LogP contribution in [0.3, 0.4) is 0 Å². The molecular weight excluding hydrogens is 354 g/mol. The second-order valence-electron chi connectivity index (χ2n) is 5.94. The molecule has 0 spiro atoms. The van der Waals surface area contributed by atoms with Crippen molar-refractivity contribution < 1.29 is 18.3 Å². The number of carbonyl (C=O) groups excluding carboxylic acids is 1. The largest absolute Gasteiger partial charge is 0.383 e. The molecule has 0 atom stereocenters. The first-order valence-corrected chi connectivity index (χ1v) is 8.50. The van der Waals surface area contributed by atoms with Crippen LogP contribution >= 0.6 is 0 Å². The van der Waals surface area contributed by atoms with Crippen molar-refractivity contribution in [2.75, 3.05) is 25.6 Å². The maximum absolute atomic E-state index is 13.6. The topological polar surface area (TPSA) is 68.2 Å². The van der Waals surface area contributed by atoms with Gasteiger partial charge in [-0.3, -0.25) is 0 Å². The number of methoxy groups -OCH3 is 1. The maximum Gasteiger partial charge on any atom is 0.319 e. The molecule has 3 aromatic rings. The molecule has 0 aliphatic heterocycles. The summed E-state index contributed by atoms with van der Waals surface area (Å²) in [6, 6.07) is 6.56. The zero-order chi connectivity index (χ0) is 19.2. The molecule has 0 saturated carbocycles. The van der Waals surface area contributed by atoms with Gasteiger partial charge >= 0.3 is 6.03 Å². The molecule has 0 unspecified atom stereocenters. The van der Waals surface area contributed by atoms with Gasteiger partial charge < -0.3 is 19.9 Å². The molecule has 0 aliphatic rings. The van der Waals surface area contributed by atoms with E-state index in [1.54, 1.807) is 13.3 Å². The summed E-state index contributed by atoms with van der Waals surface area (Å²) in [6.07, 6.45) is 4.26. The van der Waals surface area contributed by atoms with Crippen LogP contribution in [0.4, 0.5) is 19.3 Å². The lowest BCUT2D eigenvalue weighted by Gasteiger charge is -2.09. The number of hydrogen-bond acceptors (Lipinski definition) is 3. The summed E-state index contributed by atoms with van der Waals surface area (Å²) >= 11 is 0. The predicted molar refractivity (Wildman–Crippen MR) is 98.7 cm³/mol. The molecule has 8 heteroatoms. The van der Waals surface area contributed by atoms with Crippen LogP contribution in [0, 0.1) is 11.6 Å². The van der Waals surface area contributed by atoms with Gasteiger partial charge in [-0.1, -0.05) is 6.07 Å². The van der Waals surface area contributed by atoms with E-state index in [9.17, 15) is 13.6 Å². The molecule has 0 bridgehead atoms. The van der Waals surface area contributed by atoms with Crippen LogP contribution in [-0.2, 0) is 17.7 Å². The lowest BCUT2D eigenvalue weighted by molar-refractivity contribution is 0.188. The summed E-state index contributed by atoms with van der Waals surface area (Å²) in [4.78, 5) is 16.3. The minimum atomic E-state index is -0.822. The van der Waals surface area contributed by atoms with Gasteiger partial charge in [0.25, 0.3) is 0 Å². The summed E-state index contributed by atoms with van der Waals surface area (Å²) in [5.41, 5.74) is 1.41. The number of nitrogens with zero attached hydrogens (tertiary/aromatic N) is 2. The van der Waals surface area contributed by atoms with Crippen molar-refractivity contribution in [3.8, 4) is 0 Å². The van der Waals surface area contributed by atoms with Gasteiger partial charge in [0.1, 0.15) is 23.0 Å². The Bertz CT molecular complexity index is 922. The van der Waals surface area contributed by atoms with Crippen molar-refractivity contribution >= 4 is 22.8 Å². The number of nitrogens with one attached hydrogen (secondary N) is 2. The van der Waals surface area contributed by atoms with Crippen molar-refractivity contribution in [2.24, 2.45) is 0 Å². The number of pyridine rings is 1. The highest BCUT2D eigenvalue weighted by Crippen LogP contribution is 2.20. The first kappa shape index (κ1) is 18.8. The Balaban J connectivity index is 1.62. The number of hydrogen-bond donors (Lipinski definition) is 2. The van der Waals surface area contributed by atoms with E-state index in [4.69, 9.17) is 4.74 Å². The van der Waals surface area contributed by atoms with E-state index >= 15 is 0 Å². The van der Waals surface area contributed by atoms with Crippen molar-refractivity contribution in [3.63, 3.8) is 0 Å². The lowest BCUT2D eigenvalue weighted by atomic mass is 10.1. The molecule has 2 heterocycles. The van der Waals surface area contributed by atoms with Crippen LogP contribution in [0.15, 0.2) is 42.7 Å². The predicted octanol–water partition coefficient (Wildman–Crippen LogP) is 3.33. The summed E-state index contributed by atoms with van der Waals surface area (Å²) in [6.45, 7) is 1.54. The monoisotopic (exact) mass is 374 g/mol. The molecule has 27 heavy (non-hydrogen) atoms. The quantitative estimate of drug-likeness (QED) is 0.667. The summed E-state index contributed by atoms with van der Waals surface area (Å²) in [5, 5.41) is 5.81. The smallest absolute Gasteiger partial charge is 0.319 e. The van der Waals surface area contributed by atoms with Gasteiger partial charge in [-0.2, -0.15) is 0 Å². The molecule has 0 radical (unpaired) electrons. The maximum atomic E-state index is 13.6. The van der Waals surface area contributed by atoms with Gasteiger partial charge in [0.2, 0.25) is 0 Å². The number of anilines is 1.